The van der Waals surface area contributed by atoms with Gasteiger partial charge in [-0.2, -0.15) is 4.98 Å². The highest BCUT2D eigenvalue weighted by atomic mass is 16.1. The number of anilines is 1. The number of imidazole rings is 1. The summed E-state index contributed by atoms with van der Waals surface area (Å²) in [7, 11) is 0. The van der Waals surface area contributed by atoms with Gasteiger partial charge in [-0.05, 0) is 13.0 Å². The molecule has 0 unspecified atom stereocenters. The van der Waals surface area contributed by atoms with Gasteiger partial charge in [-0.15, -0.1) is 0 Å². The Labute approximate surface area is 84.9 Å². The summed E-state index contributed by atoms with van der Waals surface area (Å²) in [6.45, 7) is 0.586. The highest BCUT2D eigenvalue weighted by Gasteiger charge is 2.07. The van der Waals surface area contributed by atoms with Crippen LogP contribution in [0.25, 0.3) is 11.2 Å². The molecule has 0 amide bonds. The summed E-state index contributed by atoms with van der Waals surface area (Å²) in [5.41, 5.74) is 11.2. The number of H-pyrrole nitrogens is 2. The zero-order valence-electron chi connectivity index (χ0n) is 8.08. The Balaban J connectivity index is 2.46. The van der Waals surface area contributed by atoms with E-state index < -0.39 is 0 Å². The maximum atomic E-state index is 11.4. The number of aryl methyl sites for hydroxylation is 1. The monoisotopic (exact) mass is 208 g/mol. The van der Waals surface area contributed by atoms with Gasteiger partial charge in [0.15, 0.2) is 11.2 Å². The molecule has 7 nitrogen and oxygen atoms in total. The van der Waals surface area contributed by atoms with Crippen molar-refractivity contribution < 1.29 is 0 Å². The minimum Gasteiger partial charge on any atom is -0.369 e. The first kappa shape index (κ1) is 9.66. The summed E-state index contributed by atoms with van der Waals surface area (Å²) < 4.78 is 0. The van der Waals surface area contributed by atoms with E-state index in [1.54, 1.807) is 0 Å². The molecule has 2 rings (SSSR count). The lowest BCUT2D eigenvalue weighted by molar-refractivity contribution is 0.796. The number of nitrogens with two attached hydrogens (primary N) is 2. The Morgan fingerprint density at radius 2 is 2.07 bits per heavy atom. The van der Waals surface area contributed by atoms with E-state index >= 15 is 0 Å². The van der Waals surface area contributed by atoms with E-state index in [0.29, 0.717) is 30.0 Å². The highest BCUT2D eigenvalue weighted by molar-refractivity contribution is 5.70. The standard InChI is InChI=1S/C8H12N6O/c9-3-1-2-4-11-5-6(12-4)13-8(10)14-7(5)15/h1-3,9H2,(H4,10,11,12,13,14,15). The third-order valence-corrected chi connectivity index (χ3v) is 2.05. The van der Waals surface area contributed by atoms with Crippen LogP contribution in [-0.4, -0.2) is 26.5 Å². The summed E-state index contributed by atoms with van der Waals surface area (Å²) >= 11 is 0. The van der Waals surface area contributed by atoms with Crippen LogP contribution in [0.2, 0.25) is 0 Å². The van der Waals surface area contributed by atoms with Gasteiger partial charge in [0.25, 0.3) is 5.56 Å². The van der Waals surface area contributed by atoms with Crippen molar-refractivity contribution >= 4 is 17.1 Å². The third kappa shape index (κ3) is 1.82. The van der Waals surface area contributed by atoms with E-state index in [1.807, 2.05) is 0 Å². The fourth-order valence-electron chi connectivity index (χ4n) is 1.36. The number of nitrogens with zero attached hydrogens (tertiary/aromatic N) is 2. The molecule has 2 aromatic heterocycles. The fraction of sp³-hybridized carbons (Fsp3) is 0.375. The fourth-order valence-corrected chi connectivity index (χ4v) is 1.36. The smallest absolute Gasteiger partial charge is 0.278 e. The number of aromatic amines is 2. The molecule has 2 heterocycles. The molecule has 80 valence electrons. The molecule has 0 atom stereocenters. The molecule has 0 fully saturated rings. The summed E-state index contributed by atoms with van der Waals surface area (Å²) in [4.78, 5) is 24.8. The Morgan fingerprint density at radius 3 is 2.80 bits per heavy atom. The number of rotatable bonds is 3. The molecule has 0 aliphatic rings. The van der Waals surface area contributed by atoms with E-state index in [2.05, 4.69) is 19.9 Å². The molecule has 2 aromatic rings. The second-order valence-electron chi connectivity index (χ2n) is 3.23. The van der Waals surface area contributed by atoms with Crippen molar-refractivity contribution in [2.75, 3.05) is 12.3 Å². The molecule has 0 aliphatic heterocycles. The molecule has 7 heteroatoms. The average molecular weight is 208 g/mol. The predicted molar refractivity (Wildman–Crippen MR) is 56.3 cm³/mol. The largest absolute Gasteiger partial charge is 0.369 e. The molecular weight excluding hydrogens is 196 g/mol. The van der Waals surface area contributed by atoms with Gasteiger partial charge in [0.05, 0.1) is 0 Å². The lowest BCUT2D eigenvalue weighted by Gasteiger charge is -1.90. The van der Waals surface area contributed by atoms with Crippen LogP contribution >= 0.6 is 0 Å². The van der Waals surface area contributed by atoms with E-state index in [0.717, 1.165) is 6.42 Å². The molecule has 0 aromatic carbocycles. The van der Waals surface area contributed by atoms with Gasteiger partial charge in [-0.25, -0.2) is 4.98 Å². The van der Waals surface area contributed by atoms with Crippen LogP contribution < -0.4 is 17.0 Å². The van der Waals surface area contributed by atoms with Crippen molar-refractivity contribution in [1.82, 2.24) is 19.9 Å². The van der Waals surface area contributed by atoms with Gasteiger partial charge in [0.1, 0.15) is 5.82 Å². The average Bonchev–Trinajstić information content (AvgIpc) is 2.57. The number of fused-ring (bicyclic) bond motifs is 1. The molecule has 6 N–H and O–H groups in total. The maximum absolute atomic E-state index is 11.4. The number of nitrogen functional groups attached to an aromatic ring is 1. The molecule has 0 radical (unpaired) electrons. The van der Waals surface area contributed by atoms with Gasteiger partial charge in [0.2, 0.25) is 5.95 Å². The van der Waals surface area contributed by atoms with Crippen LogP contribution in [-0.2, 0) is 6.42 Å². The second-order valence-corrected chi connectivity index (χ2v) is 3.23. The molecule has 15 heavy (non-hydrogen) atoms. The van der Waals surface area contributed by atoms with E-state index in [4.69, 9.17) is 11.5 Å². The van der Waals surface area contributed by atoms with Crippen molar-refractivity contribution in [3.63, 3.8) is 0 Å². The summed E-state index contributed by atoms with van der Waals surface area (Å²) in [5, 5.41) is 0. The van der Waals surface area contributed by atoms with Crippen molar-refractivity contribution in [3.8, 4) is 0 Å². The Bertz CT molecular complexity index is 527. The van der Waals surface area contributed by atoms with Crippen LogP contribution in [0.5, 0.6) is 0 Å². The molecule has 0 bridgehead atoms. The van der Waals surface area contributed by atoms with Crippen molar-refractivity contribution in [3.05, 3.63) is 16.2 Å². The minimum absolute atomic E-state index is 0.0735. The van der Waals surface area contributed by atoms with Crippen molar-refractivity contribution in [1.29, 1.82) is 0 Å². The Kier molecular flexibility index (Phi) is 2.38. The van der Waals surface area contributed by atoms with E-state index in [9.17, 15) is 4.79 Å². The van der Waals surface area contributed by atoms with Crippen LogP contribution in [0.4, 0.5) is 5.95 Å². The Hall–Kier alpha value is -1.89. The third-order valence-electron chi connectivity index (χ3n) is 2.05. The molecule has 0 spiro atoms. The first-order valence-electron chi connectivity index (χ1n) is 4.65. The lowest BCUT2D eigenvalue weighted by atomic mass is 10.3. The lowest BCUT2D eigenvalue weighted by Crippen LogP contribution is -2.10. The summed E-state index contributed by atoms with van der Waals surface area (Å²) in [6.07, 6.45) is 1.51. The van der Waals surface area contributed by atoms with Gasteiger partial charge in [-0.3, -0.25) is 9.78 Å². The SMILES string of the molecule is NCCCc1nc2nc(N)[nH]c(=O)c2[nH]1. The predicted octanol–water partition coefficient (Wildman–Crippen LogP) is -0.880. The normalized spacial score (nSPS) is 11.0. The first-order valence-corrected chi connectivity index (χ1v) is 4.65. The van der Waals surface area contributed by atoms with Crippen molar-refractivity contribution in [2.24, 2.45) is 5.73 Å². The molecule has 0 saturated carbocycles. The minimum atomic E-state index is -0.302. The zero-order chi connectivity index (χ0) is 10.8. The quantitative estimate of drug-likeness (QED) is 0.521. The maximum Gasteiger partial charge on any atom is 0.278 e. The van der Waals surface area contributed by atoms with E-state index in [1.165, 1.54) is 0 Å². The summed E-state index contributed by atoms with van der Waals surface area (Å²) in [6, 6.07) is 0. The highest BCUT2D eigenvalue weighted by Crippen LogP contribution is 2.05. The second kappa shape index (κ2) is 3.70. The first-order chi connectivity index (χ1) is 7.20. The number of aromatic nitrogens is 4. The molecule has 0 saturated heterocycles. The van der Waals surface area contributed by atoms with E-state index in [-0.39, 0.29) is 11.5 Å². The van der Waals surface area contributed by atoms with Crippen molar-refractivity contribution in [2.45, 2.75) is 12.8 Å². The molecular formula is C8H12N6O. The van der Waals surface area contributed by atoms with Gasteiger partial charge < -0.3 is 16.5 Å². The van der Waals surface area contributed by atoms with Crippen LogP contribution in [0, 0.1) is 0 Å². The number of hydrogen-bond acceptors (Lipinski definition) is 5. The Morgan fingerprint density at radius 1 is 1.27 bits per heavy atom. The number of nitrogens with one attached hydrogen (secondary N) is 2. The van der Waals surface area contributed by atoms with Gasteiger partial charge in [-0.1, -0.05) is 0 Å². The van der Waals surface area contributed by atoms with Gasteiger partial charge in [0, 0.05) is 6.42 Å². The summed E-state index contributed by atoms with van der Waals surface area (Å²) in [5.74, 6) is 0.781. The topological polar surface area (TPSA) is 126 Å². The zero-order valence-corrected chi connectivity index (χ0v) is 8.08. The van der Waals surface area contributed by atoms with Crippen LogP contribution in [0.1, 0.15) is 12.2 Å². The molecule has 0 aliphatic carbocycles. The van der Waals surface area contributed by atoms with Crippen LogP contribution in [0.15, 0.2) is 4.79 Å². The number of hydrogen-bond donors (Lipinski definition) is 4. The van der Waals surface area contributed by atoms with Gasteiger partial charge >= 0.3 is 0 Å². The van der Waals surface area contributed by atoms with Crippen LogP contribution in [0.3, 0.4) is 0 Å².